The number of allylic oxidation sites excluding steroid dienone is 3. The molecule has 0 spiro atoms. The quantitative estimate of drug-likeness (QED) is 0.533. The van der Waals surface area contributed by atoms with Gasteiger partial charge in [-0.2, -0.15) is 0 Å². The third kappa shape index (κ3) is 2.91. The zero-order valence-electron chi connectivity index (χ0n) is 18.7. The first-order valence-corrected chi connectivity index (χ1v) is 12.0. The third-order valence-electron chi connectivity index (χ3n) is 9.55. The molecule has 4 aliphatic carbocycles. The maximum Gasteiger partial charge on any atom is 0.0577 e. The normalized spacial score (nSPS) is 41.3. The van der Waals surface area contributed by atoms with E-state index in [2.05, 4.69) is 64.1 Å². The third-order valence-corrected chi connectivity index (χ3v) is 9.55. The molecule has 0 heterocycles. The molecule has 0 bridgehead atoms. The Kier molecular flexibility index (Phi) is 4.63. The number of aliphatic hydroxyl groups excluding tert-OH is 1. The van der Waals surface area contributed by atoms with Crippen LogP contribution in [0, 0.1) is 28.6 Å². The molecule has 29 heavy (non-hydrogen) atoms. The molecule has 2 saturated carbocycles. The number of benzene rings is 1. The Morgan fingerprint density at radius 3 is 2.34 bits per heavy atom. The van der Waals surface area contributed by atoms with Crippen LogP contribution in [0.4, 0.5) is 0 Å². The van der Waals surface area contributed by atoms with E-state index in [1.54, 1.807) is 11.1 Å². The van der Waals surface area contributed by atoms with Gasteiger partial charge in [-0.15, -0.1) is 0 Å². The van der Waals surface area contributed by atoms with Gasteiger partial charge in [0.2, 0.25) is 0 Å². The molecule has 0 aliphatic heterocycles. The fourth-order valence-corrected chi connectivity index (χ4v) is 7.70. The maximum atomic E-state index is 10.2. The van der Waals surface area contributed by atoms with Gasteiger partial charge in [0.1, 0.15) is 0 Å². The summed E-state index contributed by atoms with van der Waals surface area (Å²) in [5.74, 6) is 2.99. The molecular formula is C28H38O. The van der Waals surface area contributed by atoms with Crippen molar-refractivity contribution in [3.63, 3.8) is 0 Å². The summed E-state index contributed by atoms with van der Waals surface area (Å²) >= 11 is 0. The summed E-state index contributed by atoms with van der Waals surface area (Å²) < 4.78 is 0. The minimum absolute atomic E-state index is 0.103. The SMILES string of the molecule is CC(C)c1ccc(C2=CC[C@H]3[C@@H]4CC=C5C[C@@H](O)CC[C@]5(C)[C@H]4CC[C@]23C)cc1. The van der Waals surface area contributed by atoms with E-state index in [1.807, 2.05) is 0 Å². The molecule has 156 valence electrons. The fourth-order valence-electron chi connectivity index (χ4n) is 7.70. The van der Waals surface area contributed by atoms with Gasteiger partial charge in [0, 0.05) is 0 Å². The van der Waals surface area contributed by atoms with Gasteiger partial charge in [-0.3, -0.25) is 0 Å². The molecule has 5 rings (SSSR count). The number of hydrogen-bond donors (Lipinski definition) is 1. The van der Waals surface area contributed by atoms with Gasteiger partial charge >= 0.3 is 0 Å². The van der Waals surface area contributed by atoms with E-state index in [0.717, 1.165) is 30.6 Å². The monoisotopic (exact) mass is 390 g/mol. The van der Waals surface area contributed by atoms with Crippen molar-refractivity contribution in [1.82, 2.24) is 0 Å². The van der Waals surface area contributed by atoms with Crippen molar-refractivity contribution in [1.29, 1.82) is 0 Å². The van der Waals surface area contributed by atoms with E-state index in [9.17, 15) is 5.11 Å². The van der Waals surface area contributed by atoms with Crippen LogP contribution < -0.4 is 0 Å². The van der Waals surface area contributed by atoms with Crippen LogP contribution in [0.3, 0.4) is 0 Å². The summed E-state index contributed by atoms with van der Waals surface area (Å²) in [6, 6.07) is 9.44. The first kappa shape index (κ1) is 19.6. The van der Waals surface area contributed by atoms with E-state index in [1.165, 1.54) is 43.2 Å². The van der Waals surface area contributed by atoms with Crippen LogP contribution in [0.5, 0.6) is 0 Å². The molecule has 2 fully saturated rings. The van der Waals surface area contributed by atoms with Gasteiger partial charge in [-0.25, -0.2) is 0 Å². The second-order valence-corrected chi connectivity index (χ2v) is 11.2. The Labute approximate surface area is 177 Å². The van der Waals surface area contributed by atoms with Gasteiger partial charge in [0.05, 0.1) is 6.10 Å². The lowest BCUT2D eigenvalue weighted by Crippen LogP contribution is -2.49. The second-order valence-electron chi connectivity index (χ2n) is 11.2. The molecule has 0 saturated heterocycles. The molecule has 0 radical (unpaired) electrons. The van der Waals surface area contributed by atoms with Gasteiger partial charge in [0.15, 0.2) is 0 Å². The van der Waals surface area contributed by atoms with Crippen LogP contribution in [0.15, 0.2) is 42.0 Å². The van der Waals surface area contributed by atoms with Crippen molar-refractivity contribution in [2.75, 3.05) is 0 Å². The number of rotatable bonds is 2. The highest BCUT2D eigenvalue weighted by Gasteiger charge is 2.56. The van der Waals surface area contributed by atoms with Crippen LogP contribution in [0.2, 0.25) is 0 Å². The van der Waals surface area contributed by atoms with Crippen molar-refractivity contribution >= 4 is 5.57 Å². The van der Waals surface area contributed by atoms with Gasteiger partial charge in [-0.05, 0) is 96.1 Å². The number of aliphatic hydroxyl groups is 1. The minimum Gasteiger partial charge on any atom is -0.393 e. The summed E-state index contributed by atoms with van der Waals surface area (Å²) in [5.41, 5.74) is 6.76. The Morgan fingerprint density at radius 1 is 0.897 bits per heavy atom. The summed E-state index contributed by atoms with van der Waals surface area (Å²) in [7, 11) is 0. The Balaban J connectivity index is 1.43. The first-order valence-electron chi connectivity index (χ1n) is 12.0. The standard InChI is InChI=1S/C28H38O/c1-18(2)19-5-7-20(8-6-19)24-11-12-25-23-10-9-21-17-22(29)13-15-27(21,3)26(23)14-16-28(24,25)4/h5-9,11,18,22-23,25-26,29H,10,12-17H2,1-4H3/t22-,23-,25-,26-,27-,28+/m0/s1. The van der Waals surface area contributed by atoms with Crippen molar-refractivity contribution < 1.29 is 5.11 Å². The van der Waals surface area contributed by atoms with E-state index in [0.29, 0.717) is 16.7 Å². The van der Waals surface area contributed by atoms with E-state index in [4.69, 9.17) is 0 Å². The molecule has 1 N–H and O–H groups in total. The molecule has 0 amide bonds. The molecule has 1 heteroatoms. The molecule has 1 nitrogen and oxygen atoms in total. The van der Waals surface area contributed by atoms with Crippen molar-refractivity contribution in [3.8, 4) is 0 Å². The highest BCUT2D eigenvalue weighted by molar-refractivity contribution is 5.73. The van der Waals surface area contributed by atoms with Crippen molar-refractivity contribution in [2.45, 2.75) is 84.7 Å². The molecule has 4 aliphatic rings. The molecule has 0 aromatic heterocycles. The summed E-state index contributed by atoms with van der Waals surface area (Å²) in [6.07, 6.45) is 13.3. The van der Waals surface area contributed by atoms with Crippen molar-refractivity contribution in [3.05, 3.63) is 53.1 Å². The van der Waals surface area contributed by atoms with Crippen LogP contribution in [-0.2, 0) is 0 Å². The molecule has 6 atom stereocenters. The zero-order chi connectivity index (χ0) is 20.4. The first-order chi connectivity index (χ1) is 13.8. The van der Waals surface area contributed by atoms with Crippen LogP contribution in [0.25, 0.3) is 5.57 Å². The number of hydrogen-bond acceptors (Lipinski definition) is 1. The Bertz CT molecular complexity index is 844. The highest BCUT2D eigenvalue weighted by Crippen LogP contribution is 2.66. The van der Waals surface area contributed by atoms with E-state index >= 15 is 0 Å². The molecule has 1 aromatic carbocycles. The fraction of sp³-hybridized carbons (Fsp3) is 0.643. The lowest BCUT2D eigenvalue weighted by Gasteiger charge is -2.57. The summed E-state index contributed by atoms with van der Waals surface area (Å²) in [5, 5.41) is 10.2. The average molecular weight is 391 g/mol. The van der Waals surface area contributed by atoms with Gasteiger partial charge in [0.25, 0.3) is 0 Å². The molecule has 1 aromatic rings. The zero-order valence-corrected chi connectivity index (χ0v) is 18.7. The van der Waals surface area contributed by atoms with Crippen LogP contribution >= 0.6 is 0 Å². The van der Waals surface area contributed by atoms with E-state index in [-0.39, 0.29) is 6.10 Å². The maximum absolute atomic E-state index is 10.2. The average Bonchev–Trinajstić information content (AvgIpc) is 3.06. The van der Waals surface area contributed by atoms with Crippen LogP contribution in [0.1, 0.15) is 89.7 Å². The van der Waals surface area contributed by atoms with Gasteiger partial charge < -0.3 is 5.11 Å². The van der Waals surface area contributed by atoms with E-state index < -0.39 is 0 Å². The van der Waals surface area contributed by atoms with Gasteiger partial charge in [-0.1, -0.05) is 69.7 Å². The lowest BCUT2D eigenvalue weighted by atomic mass is 9.47. The number of fused-ring (bicyclic) bond motifs is 5. The minimum atomic E-state index is -0.103. The predicted molar refractivity (Wildman–Crippen MR) is 122 cm³/mol. The molecular weight excluding hydrogens is 352 g/mol. The Hall–Kier alpha value is -1.34. The predicted octanol–water partition coefficient (Wildman–Crippen LogP) is 7.13. The largest absolute Gasteiger partial charge is 0.393 e. The summed E-state index contributed by atoms with van der Waals surface area (Å²) in [6.45, 7) is 9.64. The van der Waals surface area contributed by atoms with Crippen LogP contribution in [-0.4, -0.2) is 11.2 Å². The second kappa shape index (κ2) is 6.84. The lowest BCUT2D eigenvalue weighted by molar-refractivity contribution is -0.0238. The smallest absolute Gasteiger partial charge is 0.0577 e. The summed E-state index contributed by atoms with van der Waals surface area (Å²) in [4.78, 5) is 0. The van der Waals surface area contributed by atoms with Crippen molar-refractivity contribution in [2.24, 2.45) is 28.6 Å². The highest BCUT2D eigenvalue weighted by atomic mass is 16.3. The Morgan fingerprint density at radius 2 is 1.62 bits per heavy atom. The molecule has 0 unspecified atom stereocenters. The topological polar surface area (TPSA) is 20.2 Å².